The van der Waals surface area contributed by atoms with Gasteiger partial charge in [-0.15, -0.1) is 0 Å². The van der Waals surface area contributed by atoms with Crippen LogP contribution in [-0.4, -0.2) is 11.5 Å². The molecule has 1 atom stereocenters. The van der Waals surface area contributed by atoms with Crippen LogP contribution in [0.3, 0.4) is 0 Å². The average molecular weight is 268 g/mol. The molecule has 0 bridgehead atoms. The van der Waals surface area contributed by atoms with Crippen LogP contribution in [0.15, 0.2) is 36.5 Å². The molecule has 0 aliphatic heterocycles. The van der Waals surface area contributed by atoms with E-state index in [-0.39, 0.29) is 6.04 Å². The number of nitrogens with one attached hydrogen (secondary N) is 1. The molecule has 0 amide bonds. The van der Waals surface area contributed by atoms with E-state index in [2.05, 4.69) is 61.4 Å². The van der Waals surface area contributed by atoms with Crippen molar-refractivity contribution in [2.45, 2.75) is 40.2 Å². The van der Waals surface area contributed by atoms with Gasteiger partial charge in [0, 0.05) is 11.9 Å². The third kappa shape index (κ3) is 3.45. The first-order valence-corrected chi connectivity index (χ1v) is 7.35. The van der Waals surface area contributed by atoms with Gasteiger partial charge in [-0.2, -0.15) is 0 Å². The van der Waals surface area contributed by atoms with Crippen LogP contribution in [0.1, 0.15) is 47.3 Å². The summed E-state index contributed by atoms with van der Waals surface area (Å²) in [7, 11) is 0. The zero-order chi connectivity index (χ0) is 14.5. The molecule has 0 radical (unpaired) electrons. The third-order valence-electron chi connectivity index (χ3n) is 3.72. The molecule has 0 fully saturated rings. The topological polar surface area (TPSA) is 24.9 Å². The summed E-state index contributed by atoms with van der Waals surface area (Å²) in [6, 6.07) is 11.2. The van der Waals surface area contributed by atoms with Gasteiger partial charge in [-0.25, -0.2) is 0 Å². The minimum atomic E-state index is 0.246. The molecule has 0 spiro atoms. The molecule has 1 aromatic carbocycles. The summed E-state index contributed by atoms with van der Waals surface area (Å²) >= 11 is 0. The molecule has 2 heteroatoms. The summed E-state index contributed by atoms with van der Waals surface area (Å²) in [4.78, 5) is 4.30. The van der Waals surface area contributed by atoms with Crippen molar-refractivity contribution < 1.29 is 0 Å². The fourth-order valence-corrected chi connectivity index (χ4v) is 2.41. The maximum atomic E-state index is 4.30. The highest BCUT2D eigenvalue weighted by Gasteiger charge is 2.14. The van der Waals surface area contributed by atoms with Crippen molar-refractivity contribution in [1.82, 2.24) is 10.3 Å². The maximum Gasteiger partial charge on any atom is 0.0578 e. The van der Waals surface area contributed by atoms with Gasteiger partial charge >= 0.3 is 0 Å². The largest absolute Gasteiger partial charge is 0.306 e. The van der Waals surface area contributed by atoms with E-state index in [1.807, 2.05) is 13.1 Å². The Labute approximate surface area is 122 Å². The van der Waals surface area contributed by atoms with Gasteiger partial charge in [-0.3, -0.25) is 4.98 Å². The fraction of sp³-hybridized carbons (Fsp3) is 0.389. The first-order valence-electron chi connectivity index (χ1n) is 7.35. The van der Waals surface area contributed by atoms with Crippen molar-refractivity contribution in [2.75, 3.05) is 6.54 Å². The van der Waals surface area contributed by atoms with E-state index in [0.29, 0.717) is 0 Å². The Morgan fingerprint density at radius 3 is 2.40 bits per heavy atom. The van der Waals surface area contributed by atoms with Crippen molar-refractivity contribution in [3.05, 3.63) is 64.5 Å². The minimum absolute atomic E-state index is 0.246. The van der Waals surface area contributed by atoms with Crippen molar-refractivity contribution >= 4 is 0 Å². The van der Waals surface area contributed by atoms with Crippen molar-refractivity contribution in [1.29, 1.82) is 0 Å². The Morgan fingerprint density at radius 2 is 1.75 bits per heavy atom. The molecule has 0 saturated heterocycles. The monoisotopic (exact) mass is 268 g/mol. The van der Waals surface area contributed by atoms with E-state index in [9.17, 15) is 0 Å². The average Bonchev–Trinajstić information content (AvgIpc) is 2.43. The Morgan fingerprint density at radius 1 is 1.00 bits per heavy atom. The van der Waals surface area contributed by atoms with Gasteiger partial charge in [-0.1, -0.05) is 25.1 Å². The number of benzene rings is 1. The normalized spacial score (nSPS) is 12.4. The van der Waals surface area contributed by atoms with E-state index in [1.54, 1.807) is 0 Å². The molecular formula is C18H24N2. The highest BCUT2D eigenvalue weighted by Crippen LogP contribution is 2.24. The van der Waals surface area contributed by atoms with Crippen LogP contribution in [0.4, 0.5) is 0 Å². The van der Waals surface area contributed by atoms with Crippen LogP contribution in [-0.2, 0) is 0 Å². The molecule has 106 valence electrons. The summed E-state index contributed by atoms with van der Waals surface area (Å²) < 4.78 is 0. The quantitative estimate of drug-likeness (QED) is 0.883. The van der Waals surface area contributed by atoms with E-state index in [0.717, 1.165) is 18.7 Å². The number of aryl methyl sites for hydroxylation is 3. The molecule has 1 unspecified atom stereocenters. The Balaban J connectivity index is 2.38. The zero-order valence-electron chi connectivity index (χ0n) is 12.9. The van der Waals surface area contributed by atoms with E-state index < -0.39 is 0 Å². The lowest BCUT2D eigenvalue weighted by Crippen LogP contribution is -2.23. The summed E-state index contributed by atoms with van der Waals surface area (Å²) in [5.41, 5.74) is 6.36. The van der Waals surface area contributed by atoms with Crippen LogP contribution in [0.25, 0.3) is 0 Å². The van der Waals surface area contributed by atoms with Gasteiger partial charge in [-0.05, 0) is 68.1 Å². The molecule has 0 aliphatic carbocycles. The summed E-state index contributed by atoms with van der Waals surface area (Å²) in [5.74, 6) is 0. The van der Waals surface area contributed by atoms with Gasteiger partial charge in [0.2, 0.25) is 0 Å². The second-order valence-corrected chi connectivity index (χ2v) is 5.46. The molecule has 1 heterocycles. The number of hydrogen-bond acceptors (Lipinski definition) is 2. The van der Waals surface area contributed by atoms with Crippen LogP contribution >= 0.6 is 0 Å². The number of aromatic nitrogens is 1. The number of rotatable bonds is 5. The summed E-state index contributed by atoms with van der Waals surface area (Å²) in [6.07, 6.45) is 3.03. The second-order valence-electron chi connectivity index (χ2n) is 5.46. The first-order chi connectivity index (χ1) is 9.61. The second kappa shape index (κ2) is 6.67. The number of nitrogens with zero attached hydrogens (tertiary/aromatic N) is 1. The van der Waals surface area contributed by atoms with Gasteiger partial charge in [0.15, 0.2) is 0 Å². The van der Waals surface area contributed by atoms with Gasteiger partial charge < -0.3 is 5.32 Å². The molecule has 2 nitrogen and oxygen atoms in total. The van der Waals surface area contributed by atoms with Crippen molar-refractivity contribution in [2.24, 2.45) is 0 Å². The van der Waals surface area contributed by atoms with Crippen molar-refractivity contribution in [3.8, 4) is 0 Å². The van der Waals surface area contributed by atoms with E-state index >= 15 is 0 Å². The SMILES string of the molecule is CCCNC(c1ccnc(C)c1)c1ccc(C)c(C)c1. The highest BCUT2D eigenvalue weighted by atomic mass is 14.9. The summed E-state index contributed by atoms with van der Waals surface area (Å²) in [6.45, 7) is 9.58. The van der Waals surface area contributed by atoms with Crippen LogP contribution in [0.5, 0.6) is 0 Å². The minimum Gasteiger partial charge on any atom is -0.306 e. The number of pyridine rings is 1. The molecule has 1 aromatic heterocycles. The van der Waals surface area contributed by atoms with E-state index in [4.69, 9.17) is 0 Å². The molecular weight excluding hydrogens is 244 g/mol. The number of hydrogen-bond donors (Lipinski definition) is 1. The van der Waals surface area contributed by atoms with Crippen molar-refractivity contribution in [3.63, 3.8) is 0 Å². The standard InChI is InChI=1S/C18H24N2/c1-5-9-20-18(17-8-10-19-15(4)12-17)16-7-6-13(2)14(3)11-16/h6-8,10-12,18,20H,5,9H2,1-4H3. The predicted octanol–water partition coefficient (Wildman–Crippen LogP) is 4.10. The smallest absolute Gasteiger partial charge is 0.0578 e. The van der Waals surface area contributed by atoms with Crippen LogP contribution < -0.4 is 5.32 Å². The molecule has 2 aromatic rings. The molecule has 0 aliphatic rings. The maximum absolute atomic E-state index is 4.30. The Kier molecular flexibility index (Phi) is 4.91. The Hall–Kier alpha value is -1.67. The zero-order valence-corrected chi connectivity index (χ0v) is 12.9. The molecule has 20 heavy (non-hydrogen) atoms. The third-order valence-corrected chi connectivity index (χ3v) is 3.72. The Bertz CT molecular complexity index is 575. The molecule has 1 N–H and O–H groups in total. The molecule has 2 rings (SSSR count). The molecule has 0 saturated carbocycles. The van der Waals surface area contributed by atoms with Crippen LogP contribution in [0, 0.1) is 20.8 Å². The first kappa shape index (κ1) is 14.7. The van der Waals surface area contributed by atoms with Crippen LogP contribution in [0.2, 0.25) is 0 Å². The van der Waals surface area contributed by atoms with Gasteiger partial charge in [0.1, 0.15) is 0 Å². The predicted molar refractivity (Wildman–Crippen MR) is 85.0 cm³/mol. The fourth-order valence-electron chi connectivity index (χ4n) is 2.41. The summed E-state index contributed by atoms with van der Waals surface area (Å²) in [5, 5.41) is 3.65. The van der Waals surface area contributed by atoms with Gasteiger partial charge in [0.25, 0.3) is 0 Å². The lowest BCUT2D eigenvalue weighted by atomic mass is 9.95. The van der Waals surface area contributed by atoms with E-state index in [1.165, 1.54) is 22.3 Å². The lowest BCUT2D eigenvalue weighted by Gasteiger charge is -2.21. The highest BCUT2D eigenvalue weighted by molar-refractivity contribution is 5.37. The van der Waals surface area contributed by atoms with Gasteiger partial charge in [0.05, 0.1) is 6.04 Å². The lowest BCUT2D eigenvalue weighted by molar-refractivity contribution is 0.597.